The van der Waals surface area contributed by atoms with Crippen LogP contribution in [0.4, 0.5) is 4.39 Å². The Morgan fingerprint density at radius 1 is 0.881 bits per heavy atom. The number of hydrogen-bond acceptors (Lipinski definition) is 9. The predicted molar refractivity (Wildman–Crippen MR) is 160 cm³/mol. The lowest BCUT2D eigenvalue weighted by atomic mass is 9.63. The molecule has 0 spiro atoms. The molecule has 2 saturated carbocycles. The summed E-state index contributed by atoms with van der Waals surface area (Å²) in [5, 5.41) is 25.1. The van der Waals surface area contributed by atoms with Gasteiger partial charge in [-0.1, -0.05) is 19.8 Å². The topological polar surface area (TPSA) is 116 Å². The second-order valence-corrected chi connectivity index (χ2v) is 14.6. The van der Waals surface area contributed by atoms with Crippen molar-refractivity contribution in [2.45, 2.75) is 126 Å². The van der Waals surface area contributed by atoms with Gasteiger partial charge in [0.2, 0.25) is 5.91 Å². The van der Waals surface area contributed by atoms with E-state index in [1.165, 1.54) is 19.3 Å². The lowest BCUT2D eigenvalue weighted by molar-refractivity contribution is -0.135. The molecule has 13 atom stereocenters. The van der Waals surface area contributed by atoms with Gasteiger partial charge in [0.05, 0.1) is 30.5 Å². The van der Waals surface area contributed by atoms with Crippen molar-refractivity contribution in [2.24, 2.45) is 23.7 Å². The van der Waals surface area contributed by atoms with Crippen LogP contribution in [0.25, 0.3) is 0 Å². The Hall–Kier alpha value is -0.920. The van der Waals surface area contributed by atoms with Crippen LogP contribution in [0.1, 0.15) is 71.1 Å². The van der Waals surface area contributed by atoms with E-state index in [0.29, 0.717) is 67.3 Å². The number of piperidine rings is 2. The van der Waals surface area contributed by atoms with Crippen molar-refractivity contribution >= 4 is 5.91 Å². The van der Waals surface area contributed by atoms with Gasteiger partial charge in [-0.3, -0.25) is 36.5 Å². The smallest absolute Gasteiger partial charge is 0.241 e. The molecule has 0 aromatic rings. The minimum absolute atomic E-state index is 0.142. The van der Waals surface area contributed by atoms with Gasteiger partial charge in [-0.25, -0.2) is 4.39 Å². The second-order valence-electron chi connectivity index (χ2n) is 14.6. The van der Waals surface area contributed by atoms with E-state index in [1.807, 2.05) is 0 Å². The summed E-state index contributed by atoms with van der Waals surface area (Å²) in [5.41, 5.74) is 7.27. The Morgan fingerprint density at radius 2 is 1.71 bits per heavy atom. The molecular formula is C31H55FN8O2. The standard InChI is InChI=1S/C31H55FN8O2/c1-2-18-13-27(41)22(32)14-21(18)19-6-7-20-24(12-19)37-38-29(20)30-35-23-8-11-40(17-26(23)36-30)31(42)25-15-34-28(16-33-25)39-9-4-3-5-10-39/h18-30,33-38,41H,2-17H2,1H3. The minimum Gasteiger partial charge on any atom is -0.390 e. The van der Waals surface area contributed by atoms with E-state index < -0.39 is 12.3 Å². The Balaban J connectivity index is 0.895. The van der Waals surface area contributed by atoms with Crippen molar-refractivity contribution in [1.82, 2.24) is 41.9 Å². The first-order valence-corrected chi connectivity index (χ1v) is 17.3. The molecule has 2 aliphatic carbocycles. The highest BCUT2D eigenvalue weighted by atomic mass is 19.1. The summed E-state index contributed by atoms with van der Waals surface area (Å²) < 4.78 is 14.5. The van der Waals surface area contributed by atoms with Gasteiger partial charge in [0.15, 0.2) is 0 Å². The number of fused-ring (bicyclic) bond motifs is 2. The van der Waals surface area contributed by atoms with Crippen LogP contribution in [0, 0.1) is 23.7 Å². The third kappa shape index (κ3) is 5.89. The lowest BCUT2D eigenvalue weighted by Gasteiger charge is -2.44. The molecule has 42 heavy (non-hydrogen) atoms. The number of carbonyl (C=O) groups is 1. The molecule has 0 aromatic carbocycles. The number of amides is 1. The van der Waals surface area contributed by atoms with Crippen LogP contribution in [0.5, 0.6) is 0 Å². The fourth-order valence-corrected chi connectivity index (χ4v) is 9.91. The number of aliphatic hydroxyl groups is 1. The van der Waals surface area contributed by atoms with E-state index in [2.05, 4.69) is 48.8 Å². The molecule has 7 N–H and O–H groups in total. The average molecular weight is 591 g/mol. The van der Waals surface area contributed by atoms with Crippen molar-refractivity contribution in [3.63, 3.8) is 0 Å². The summed E-state index contributed by atoms with van der Waals surface area (Å²) in [6.45, 7) is 7.61. The fourth-order valence-electron chi connectivity index (χ4n) is 9.91. The Kier molecular flexibility index (Phi) is 9.09. The van der Waals surface area contributed by atoms with Crippen molar-refractivity contribution in [2.75, 3.05) is 39.3 Å². The van der Waals surface area contributed by atoms with Crippen LogP contribution in [0.2, 0.25) is 0 Å². The quantitative estimate of drug-likeness (QED) is 0.242. The van der Waals surface area contributed by atoms with Crippen molar-refractivity contribution in [3.8, 4) is 0 Å². The van der Waals surface area contributed by atoms with Gasteiger partial charge in [0.25, 0.3) is 0 Å². The van der Waals surface area contributed by atoms with Crippen LogP contribution < -0.4 is 32.1 Å². The zero-order valence-corrected chi connectivity index (χ0v) is 25.4. The third-order valence-electron chi connectivity index (χ3n) is 12.4. The molecule has 0 radical (unpaired) electrons. The van der Waals surface area contributed by atoms with Crippen LogP contribution in [-0.2, 0) is 4.79 Å². The maximum Gasteiger partial charge on any atom is 0.241 e. The van der Waals surface area contributed by atoms with Gasteiger partial charge in [-0.15, -0.1) is 0 Å². The van der Waals surface area contributed by atoms with Gasteiger partial charge < -0.3 is 15.3 Å². The van der Waals surface area contributed by atoms with E-state index in [1.54, 1.807) is 0 Å². The first kappa shape index (κ1) is 29.8. The number of alkyl halides is 1. The first-order valence-electron chi connectivity index (χ1n) is 17.3. The third-order valence-corrected chi connectivity index (χ3v) is 12.4. The Bertz CT molecular complexity index is 933. The summed E-state index contributed by atoms with van der Waals surface area (Å²) >= 11 is 0. The summed E-state index contributed by atoms with van der Waals surface area (Å²) in [6, 6.07) is 1.21. The summed E-state index contributed by atoms with van der Waals surface area (Å²) in [5.74, 6) is 2.11. The maximum atomic E-state index is 14.5. The summed E-state index contributed by atoms with van der Waals surface area (Å²) in [4.78, 5) is 18.1. The zero-order valence-electron chi connectivity index (χ0n) is 25.4. The van der Waals surface area contributed by atoms with Crippen molar-refractivity contribution < 1.29 is 14.3 Å². The summed E-state index contributed by atoms with van der Waals surface area (Å²) in [7, 11) is 0. The van der Waals surface area contributed by atoms with Gasteiger partial charge >= 0.3 is 0 Å². The second kappa shape index (κ2) is 12.8. The molecule has 0 bridgehead atoms. The number of hydrogen-bond donors (Lipinski definition) is 7. The molecule has 5 saturated heterocycles. The average Bonchev–Trinajstić information content (AvgIpc) is 3.65. The monoisotopic (exact) mass is 590 g/mol. The zero-order chi connectivity index (χ0) is 28.8. The highest BCUT2D eigenvalue weighted by Gasteiger charge is 2.50. The van der Waals surface area contributed by atoms with Crippen molar-refractivity contribution in [1.29, 1.82) is 0 Å². The number of aliphatic hydroxyl groups excluding tert-OH is 1. The summed E-state index contributed by atoms with van der Waals surface area (Å²) in [6.07, 6.45) is 9.08. The number of nitrogens with one attached hydrogen (secondary N) is 6. The molecule has 238 valence electrons. The largest absolute Gasteiger partial charge is 0.390 e. The van der Waals surface area contributed by atoms with E-state index in [4.69, 9.17) is 0 Å². The molecule has 1 amide bonds. The molecule has 11 heteroatoms. The minimum atomic E-state index is -1.07. The molecule has 7 rings (SSSR count). The molecule has 0 aromatic heterocycles. The molecule has 5 aliphatic heterocycles. The Morgan fingerprint density at radius 3 is 2.50 bits per heavy atom. The van der Waals surface area contributed by atoms with E-state index in [0.717, 1.165) is 64.8 Å². The fraction of sp³-hybridized carbons (Fsp3) is 0.968. The van der Waals surface area contributed by atoms with E-state index in [-0.39, 0.29) is 24.2 Å². The lowest BCUT2D eigenvalue weighted by Crippen LogP contribution is -2.66. The SMILES string of the molecule is CCC1CC(O)C(F)CC1C1CCC2C(C1)NNC2C1NC2CCN(C(=O)C3CNC(N4CCCCC4)CN3)CC2N1. The number of rotatable bonds is 5. The van der Waals surface area contributed by atoms with Crippen LogP contribution in [0.3, 0.4) is 0 Å². The number of piperazine rings is 1. The normalized spacial score (nSPS) is 48.5. The molecular weight excluding hydrogens is 535 g/mol. The van der Waals surface area contributed by atoms with Gasteiger partial charge in [0, 0.05) is 44.3 Å². The maximum absolute atomic E-state index is 14.5. The van der Waals surface area contributed by atoms with Gasteiger partial charge in [-0.2, -0.15) is 0 Å². The number of nitrogens with zero attached hydrogens (tertiary/aromatic N) is 2. The number of carbonyl (C=O) groups excluding carboxylic acids is 1. The predicted octanol–water partition coefficient (Wildman–Crippen LogP) is 0.245. The number of likely N-dealkylation sites (tertiary alicyclic amines) is 2. The molecule has 5 heterocycles. The van der Waals surface area contributed by atoms with Crippen LogP contribution >= 0.6 is 0 Å². The molecule has 7 aliphatic rings. The van der Waals surface area contributed by atoms with Crippen LogP contribution in [0.15, 0.2) is 0 Å². The number of halogens is 1. The van der Waals surface area contributed by atoms with E-state index in [9.17, 15) is 14.3 Å². The molecule has 10 nitrogen and oxygen atoms in total. The highest BCUT2D eigenvalue weighted by molar-refractivity contribution is 5.82. The molecule has 7 fully saturated rings. The number of hydrazine groups is 1. The highest BCUT2D eigenvalue weighted by Crippen LogP contribution is 2.46. The first-order chi connectivity index (χ1) is 20.5. The molecule has 13 unspecified atom stereocenters. The van der Waals surface area contributed by atoms with E-state index >= 15 is 0 Å². The Labute approximate surface area is 251 Å². The van der Waals surface area contributed by atoms with Gasteiger partial charge in [0.1, 0.15) is 6.17 Å². The van der Waals surface area contributed by atoms with Crippen molar-refractivity contribution in [3.05, 3.63) is 0 Å². The van der Waals surface area contributed by atoms with Crippen LogP contribution in [-0.4, -0.2) is 115 Å². The van der Waals surface area contributed by atoms with Gasteiger partial charge in [-0.05, 0) is 88.1 Å².